The van der Waals surface area contributed by atoms with Gasteiger partial charge in [0.05, 0.1) is 0 Å². The number of nitrogens with zero attached hydrogens (tertiary/aromatic N) is 2. The summed E-state index contributed by atoms with van der Waals surface area (Å²) in [6.07, 6.45) is 2.03. The second-order valence-electron chi connectivity index (χ2n) is 7.06. The van der Waals surface area contributed by atoms with Crippen LogP contribution in [0, 0.1) is 6.92 Å². The van der Waals surface area contributed by atoms with E-state index in [1.54, 1.807) is 4.90 Å². The molecule has 2 fully saturated rings. The molecule has 0 saturated carbocycles. The van der Waals surface area contributed by atoms with Crippen LogP contribution >= 0.6 is 0 Å². The molecule has 2 aliphatic heterocycles. The number of rotatable bonds is 4. The third kappa shape index (κ3) is 4.27. The lowest BCUT2D eigenvalue weighted by atomic mass is 10.0. The van der Waals surface area contributed by atoms with Gasteiger partial charge in [0.15, 0.2) is 0 Å². The van der Waals surface area contributed by atoms with E-state index in [0.717, 1.165) is 25.9 Å². The van der Waals surface area contributed by atoms with Gasteiger partial charge >= 0.3 is 6.03 Å². The number of piperidine rings is 1. The summed E-state index contributed by atoms with van der Waals surface area (Å²) in [6, 6.07) is 7.80. The first-order valence-corrected chi connectivity index (χ1v) is 9.36. The van der Waals surface area contributed by atoms with Gasteiger partial charge in [-0.1, -0.05) is 12.1 Å². The zero-order valence-corrected chi connectivity index (χ0v) is 15.3. The first kappa shape index (κ1) is 18.5. The zero-order valence-electron chi connectivity index (χ0n) is 15.3. The number of urea groups is 1. The van der Waals surface area contributed by atoms with Crippen LogP contribution in [0.5, 0.6) is 0 Å². The lowest BCUT2D eigenvalue weighted by molar-refractivity contribution is -0.128. The Hall–Kier alpha value is -2.28. The molecule has 2 aliphatic rings. The van der Waals surface area contributed by atoms with Crippen molar-refractivity contribution in [1.82, 2.24) is 15.5 Å². The molecule has 0 spiro atoms. The van der Waals surface area contributed by atoms with Gasteiger partial charge in [0.1, 0.15) is 6.04 Å². The molecule has 142 valence electrons. The van der Waals surface area contributed by atoms with Crippen molar-refractivity contribution in [2.45, 2.75) is 38.3 Å². The molecule has 1 aromatic rings. The zero-order chi connectivity index (χ0) is 18.5. The fraction of sp³-hybridized carbons (Fsp3) is 0.579. The number of benzene rings is 1. The number of hydrogen-bond acceptors (Lipinski definition) is 4. The topological polar surface area (TPSA) is 84.9 Å². The molecule has 1 atom stereocenters. The molecule has 26 heavy (non-hydrogen) atoms. The number of carbonyl (C=O) groups excluding carboxylic acids is 2. The Balaban J connectivity index is 1.53. The van der Waals surface area contributed by atoms with E-state index in [9.17, 15) is 14.7 Å². The van der Waals surface area contributed by atoms with Gasteiger partial charge in [-0.3, -0.25) is 4.79 Å². The number of aryl methyl sites for hydroxylation is 1. The van der Waals surface area contributed by atoms with Crippen LogP contribution in [-0.4, -0.2) is 66.8 Å². The number of nitrogens with one attached hydrogen (secondary N) is 2. The second-order valence-corrected chi connectivity index (χ2v) is 7.06. The minimum absolute atomic E-state index is 0.114. The van der Waals surface area contributed by atoms with Crippen LogP contribution in [0.4, 0.5) is 10.5 Å². The number of piperazine rings is 1. The fourth-order valence-corrected chi connectivity index (χ4v) is 3.73. The van der Waals surface area contributed by atoms with Crippen LogP contribution in [0.15, 0.2) is 24.3 Å². The number of anilines is 1. The summed E-state index contributed by atoms with van der Waals surface area (Å²) < 4.78 is 0. The maximum Gasteiger partial charge on any atom is 0.318 e. The van der Waals surface area contributed by atoms with Crippen molar-refractivity contribution in [3.63, 3.8) is 0 Å². The van der Waals surface area contributed by atoms with Crippen molar-refractivity contribution >= 4 is 17.6 Å². The van der Waals surface area contributed by atoms with Gasteiger partial charge in [-0.05, 0) is 43.9 Å². The maximum atomic E-state index is 12.6. The molecule has 7 heteroatoms. The smallest absolute Gasteiger partial charge is 0.318 e. The number of carbonyl (C=O) groups is 2. The van der Waals surface area contributed by atoms with E-state index in [-0.39, 0.29) is 31.0 Å². The molecule has 3 N–H and O–H groups in total. The molecule has 3 amide bonds. The van der Waals surface area contributed by atoms with E-state index >= 15 is 0 Å². The molecule has 0 aromatic heterocycles. The highest BCUT2D eigenvalue weighted by Gasteiger charge is 2.33. The first-order valence-electron chi connectivity index (χ1n) is 9.36. The fourth-order valence-electron chi connectivity index (χ4n) is 3.73. The predicted molar refractivity (Wildman–Crippen MR) is 100 cm³/mol. The highest BCUT2D eigenvalue weighted by Crippen LogP contribution is 2.21. The van der Waals surface area contributed by atoms with Gasteiger partial charge in [0.25, 0.3) is 0 Å². The van der Waals surface area contributed by atoms with E-state index in [4.69, 9.17) is 0 Å². The van der Waals surface area contributed by atoms with Gasteiger partial charge in [0, 0.05) is 44.5 Å². The van der Waals surface area contributed by atoms with Crippen LogP contribution in [0.1, 0.15) is 24.8 Å². The monoisotopic (exact) mass is 360 g/mol. The third-order valence-electron chi connectivity index (χ3n) is 5.18. The number of amides is 3. The summed E-state index contributed by atoms with van der Waals surface area (Å²) in [5, 5.41) is 15.0. The summed E-state index contributed by atoms with van der Waals surface area (Å²) in [6.45, 7) is 4.71. The second kappa shape index (κ2) is 8.40. The van der Waals surface area contributed by atoms with E-state index in [0.29, 0.717) is 13.1 Å². The third-order valence-corrected chi connectivity index (χ3v) is 5.18. The standard InChI is InChI=1S/C19H28N4O3/c1-14-3-2-4-16(13-14)22-9-5-15(6-10-22)21-19(26)23-11-8-20-18(25)17(23)7-12-24/h2-4,13,15,17,24H,5-12H2,1H3,(H,20,25)(H,21,26)/t17-/m0/s1. The van der Waals surface area contributed by atoms with E-state index in [1.807, 2.05) is 0 Å². The van der Waals surface area contributed by atoms with Gasteiger partial charge in [-0.15, -0.1) is 0 Å². The average Bonchev–Trinajstić information content (AvgIpc) is 2.64. The summed E-state index contributed by atoms with van der Waals surface area (Å²) >= 11 is 0. The Morgan fingerprint density at radius 1 is 1.31 bits per heavy atom. The molecule has 3 rings (SSSR count). The summed E-state index contributed by atoms with van der Waals surface area (Å²) in [5.41, 5.74) is 2.47. The molecule has 7 nitrogen and oxygen atoms in total. The molecule has 0 radical (unpaired) electrons. The van der Waals surface area contributed by atoms with Crippen molar-refractivity contribution in [1.29, 1.82) is 0 Å². The Kier molecular flexibility index (Phi) is 5.98. The van der Waals surface area contributed by atoms with Crippen molar-refractivity contribution in [3.05, 3.63) is 29.8 Å². The SMILES string of the molecule is Cc1cccc(N2CCC(NC(=O)N3CCNC(=O)[C@@H]3CCO)CC2)c1. The van der Waals surface area contributed by atoms with Crippen molar-refractivity contribution in [2.75, 3.05) is 37.7 Å². The molecule has 0 unspecified atom stereocenters. The van der Waals surface area contributed by atoms with Crippen LogP contribution in [0.3, 0.4) is 0 Å². The average molecular weight is 360 g/mol. The molecule has 2 saturated heterocycles. The van der Waals surface area contributed by atoms with Crippen LogP contribution < -0.4 is 15.5 Å². The molecular weight excluding hydrogens is 332 g/mol. The van der Waals surface area contributed by atoms with E-state index < -0.39 is 6.04 Å². The van der Waals surface area contributed by atoms with Crippen LogP contribution in [-0.2, 0) is 4.79 Å². The van der Waals surface area contributed by atoms with E-state index in [2.05, 4.69) is 46.7 Å². The minimum atomic E-state index is -0.582. The number of aliphatic hydroxyl groups is 1. The normalized spacial score (nSPS) is 21.5. The first-order chi connectivity index (χ1) is 12.6. The molecule has 2 heterocycles. The molecule has 1 aromatic carbocycles. The molecule has 0 bridgehead atoms. The van der Waals surface area contributed by atoms with Crippen molar-refractivity contribution in [3.8, 4) is 0 Å². The highest BCUT2D eigenvalue weighted by molar-refractivity contribution is 5.88. The predicted octanol–water partition coefficient (Wildman–Crippen LogP) is 0.856. The Bertz CT molecular complexity index is 643. The van der Waals surface area contributed by atoms with Crippen LogP contribution in [0.25, 0.3) is 0 Å². The summed E-state index contributed by atoms with van der Waals surface area (Å²) in [7, 11) is 0. The number of hydrogen-bond donors (Lipinski definition) is 3. The Morgan fingerprint density at radius 3 is 2.77 bits per heavy atom. The summed E-state index contributed by atoms with van der Waals surface area (Å²) in [5.74, 6) is -0.185. The van der Waals surface area contributed by atoms with E-state index in [1.165, 1.54) is 11.3 Å². The van der Waals surface area contributed by atoms with Crippen LogP contribution in [0.2, 0.25) is 0 Å². The molecular formula is C19H28N4O3. The molecule has 0 aliphatic carbocycles. The quantitative estimate of drug-likeness (QED) is 0.743. The van der Waals surface area contributed by atoms with Crippen molar-refractivity contribution in [2.24, 2.45) is 0 Å². The lowest BCUT2D eigenvalue weighted by Gasteiger charge is -2.38. The lowest BCUT2D eigenvalue weighted by Crippen LogP contribution is -2.61. The van der Waals surface area contributed by atoms with Crippen molar-refractivity contribution < 1.29 is 14.7 Å². The van der Waals surface area contributed by atoms with Gasteiger partial charge < -0.3 is 25.5 Å². The largest absolute Gasteiger partial charge is 0.396 e. The number of aliphatic hydroxyl groups excluding tert-OH is 1. The maximum absolute atomic E-state index is 12.6. The summed E-state index contributed by atoms with van der Waals surface area (Å²) in [4.78, 5) is 28.5. The van der Waals surface area contributed by atoms with Gasteiger partial charge in [-0.2, -0.15) is 0 Å². The van der Waals surface area contributed by atoms with Gasteiger partial charge in [-0.25, -0.2) is 4.79 Å². The highest BCUT2D eigenvalue weighted by atomic mass is 16.3. The van der Waals surface area contributed by atoms with Gasteiger partial charge in [0.2, 0.25) is 5.91 Å². The Labute approximate surface area is 154 Å². The minimum Gasteiger partial charge on any atom is -0.396 e. The Morgan fingerprint density at radius 2 is 2.08 bits per heavy atom.